The van der Waals surface area contributed by atoms with Gasteiger partial charge in [0.2, 0.25) is 0 Å². The van der Waals surface area contributed by atoms with Crippen LogP contribution in [0.25, 0.3) is 0 Å². The van der Waals surface area contributed by atoms with Crippen LogP contribution in [0, 0.1) is 0 Å². The van der Waals surface area contributed by atoms with Crippen LogP contribution in [0.1, 0.15) is 58.1 Å². The van der Waals surface area contributed by atoms with Gasteiger partial charge in [-0.25, -0.2) is 9.18 Å². The van der Waals surface area contributed by atoms with E-state index < -0.39 is 61.9 Å². The summed E-state index contributed by atoms with van der Waals surface area (Å²) < 4.78 is 40.8. The van der Waals surface area contributed by atoms with Gasteiger partial charge in [0.15, 0.2) is 6.23 Å². The zero-order chi connectivity index (χ0) is 42.8. The molecule has 1 N–H and O–H groups in total. The average Bonchev–Trinajstić information content (AvgIpc) is 3.48. The van der Waals surface area contributed by atoms with Crippen molar-refractivity contribution < 1.29 is 22.8 Å². The lowest BCUT2D eigenvalue weighted by atomic mass is 10.1. The molecular formula is C48H51ClFN3O5Si2. The molecule has 0 saturated carbocycles. The molecule has 60 heavy (non-hydrogen) atoms. The standard InChI is InChI=1S/C48H51ClFN3O5Si2/c1-46(2,3)59(36-24-14-8-15-25-36,37-26-16-9-17-27-37)56-34-40-42(58-60(47(4,5)6,38-28-18-10-19-29-38)39-30-20-11-21-31-39)48(49,50)44(57-40)53-33-32-41(52-45(53)55)51-43(54)35-22-12-7-13-23-35/h7-33,40,42,44H,34H2,1-6H3,(H,51,52,54,55)/t40-,42?,44-,48-/m1/s1. The highest BCUT2D eigenvalue weighted by Crippen LogP contribution is 2.50. The zero-order valence-corrected chi connectivity index (χ0v) is 37.5. The summed E-state index contributed by atoms with van der Waals surface area (Å²) in [6, 6.07) is 50.1. The second-order valence-electron chi connectivity index (χ2n) is 17.2. The van der Waals surface area contributed by atoms with E-state index in [9.17, 15) is 9.59 Å². The maximum Gasteiger partial charge on any atom is 0.351 e. The highest BCUT2D eigenvalue weighted by Gasteiger charge is 2.64. The van der Waals surface area contributed by atoms with Crippen LogP contribution in [0.5, 0.6) is 0 Å². The summed E-state index contributed by atoms with van der Waals surface area (Å²) in [5, 5.41) is 2.79. The van der Waals surface area contributed by atoms with Crippen molar-refractivity contribution in [3.05, 3.63) is 180 Å². The van der Waals surface area contributed by atoms with Crippen LogP contribution in [0.2, 0.25) is 10.1 Å². The quantitative estimate of drug-likeness (QED) is 0.0998. The Kier molecular flexibility index (Phi) is 12.3. The van der Waals surface area contributed by atoms with E-state index in [0.717, 1.165) is 25.3 Å². The first-order valence-corrected chi connectivity index (χ1v) is 24.3. The number of anilines is 1. The number of carbonyl (C=O) groups is 1. The van der Waals surface area contributed by atoms with E-state index in [1.165, 1.54) is 12.3 Å². The van der Waals surface area contributed by atoms with Crippen molar-refractivity contribution >= 4 is 60.7 Å². The highest BCUT2D eigenvalue weighted by molar-refractivity contribution is 7.00. The maximum atomic E-state index is 18.3. The number of benzene rings is 5. The molecule has 6 aromatic rings. The van der Waals surface area contributed by atoms with Crippen molar-refractivity contribution in [2.24, 2.45) is 0 Å². The summed E-state index contributed by atoms with van der Waals surface area (Å²) in [7, 11) is -6.68. The van der Waals surface area contributed by atoms with Gasteiger partial charge in [0, 0.05) is 11.8 Å². The molecule has 1 saturated heterocycles. The Hall–Kier alpha value is -5.02. The molecular weight excluding hydrogens is 809 g/mol. The van der Waals surface area contributed by atoms with E-state index in [2.05, 4.69) is 76.1 Å². The van der Waals surface area contributed by atoms with E-state index in [1.54, 1.807) is 30.3 Å². The van der Waals surface area contributed by atoms with Crippen molar-refractivity contribution in [1.82, 2.24) is 9.55 Å². The Balaban J connectivity index is 1.36. The van der Waals surface area contributed by atoms with Gasteiger partial charge < -0.3 is 18.9 Å². The minimum Gasteiger partial charge on any atom is -0.405 e. The van der Waals surface area contributed by atoms with E-state index in [-0.39, 0.29) is 12.4 Å². The second kappa shape index (κ2) is 17.2. The maximum absolute atomic E-state index is 18.3. The van der Waals surface area contributed by atoms with Gasteiger partial charge in [-0.2, -0.15) is 4.98 Å². The third kappa shape index (κ3) is 8.10. The SMILES string of the molecule is CC(C)(C)[Si](OC[C@H]1O[C@@H](n2ccc(NC(=O)c3ccccc3)nc2=O)[C@@](F)(Cl)C1O[Si](c1ccccc1)(c1ccccc1)C(C)(C)C)(c1ccccc1)c1ccccc1. The lowest BCUT2D eigenvalue weighted by molar-refractivity contribution is -0.0482. The number of carbonyl (C=O) groups excluding carboxylic acids is 1. The molecule has 4 atom stereocenters. The Morgan fingerprint density at radius 1 is 0.717 bits per heavy atom. The number of amides is 1. The third-order valence-corrected chi connectivity index (χ3v) is 21.7. The number of ether oxygens (including phenoxy) is 1. The molecule has 0 radical (unpaired) electrons. The minimum absolute atomic E-state index is 0.00573. The summed E-state index contributed by atoms with van der Waals surface area (Å²) in [4.78, 5) is 31.0. The Bertz CT molecular complexity index is 2350. The number of halogens is 2. The highest BCUT2D eigenvalue weighted by atomic mass is 35.5. The molecule has 0 spiro atoms. The number of nitrogens with zero attached hydrogens (tertiary/aromatic N) is 2. The first-order chi connectivity index (χ1) is 28.6. The molecule has 1 fully saturated rings. The lowest BCUT2D eigenvalue weighted by Gasteiger charge is -2.47. The smallest absolute Gasteiger partial charge is 0.351 e. The van der Waals surface area contributed by atoms with Gasteiger partial charge in [-0.1, -0.05) is 193 Å². The molecule has 2 heterocycles. The Labute approximate surface area is 358 Å². The van der Waals surface area contributed by atoms with Gasteiger partial charge in [0.25, 0.3) is 27.7 Å². The summed E-state index contributed by atoms with van der Waals surface area (Å²) >= 11 is 7.21. The Morgan fingerprint density at radius 2 is 1.13 bits per heavy atom. The second-order valence-corrected chi connectivity index (χ2v) is 26.3. The van der Waals surface area contributed by atoms with Crippen molar-refractivity contribution in [2.45, 2.75) is 75.2 Å². The van der Waals surface area contributed by atoms with Crippen LogP contribution in [-0.4, -0.2) is 56.0 Å². The zero-order valence-electron chi connectivity index (χ0n) is 34.7. The number of hydrogen-bond donors (Lipinski definition) is 1. The summed E-state index contributed by atoms with van der Waals surface area (Å²) in [6.07, 6.45) is -2.90. The van der Waals surface area contributed by atoms with E-state index in [4.69, 9.17) is 25.2 Å². The van der Waals surface area contributed by atoms with Crippen molar-refractivity contribution in [3.8, 4) is 0 Å². The van der Waals surface area contributed by atoms with Crippen LogP contribution in [0.3, 0.4) is 0 Å². The topological polar surface area (TPSA) is 91.7 Å². The van der Waals surface area contributed by atoms with Gasteiger partial charge in [0.05, 0.1) is 6.61 Å². The van der Waals surface area contributed by atoms with Crippen molar-refractivity contribution in [3.63, 3.8) is 0 Å². The van der Waals surface area contributed by atoms with Crippen LogP contribution < -0.4 is 31.8 Å². The predicted molar refractivity (Wildman–Crippen MR) is 243 cm³/mol. The molecule has 1 aliphatic rings. The van der Waals surface area contributed by atoms with E-state index >= 15 is 4.39 Å². The van der Waals surface area contributed by atoms with Crippen molar-refractivity contribution in [1.29, 1.82) is 0 Å². The fraction of sp³-hybridized carbons (Fsp3) is 0.271. The van der Waals surface area contributed by atoms with Crippen molar-refractivity contribution in [2.75, 3.05) is 11.9 Å². The molecule has 12 heteroatoms. The van der Waals surface area contributed by atoms with E-state index in [0.29, 0.717) is 5.56 Å². The summed E-state index contributed by atoms with van der Waals surface area (Å²) in [5.41, 5.74) is -0.482. The van der Waals surface area contributed by atoms with Crippen LogP contribution in [0.15, 0.2) is 169 Å². The molecule has 7 rings (SSSR count). The van der Waals surface area contributed by atoms with Gasteiger partial charge >= 0.3 is 5.69 Å². The molecule has 0 bridgehead atoms. The third-order valence-electron chi connectivity index (χ3n) is 11.3. The summed E-state index contributed by atoms with van der Waals surface area (Å²) in [5.74, 6) is -0.456. The molecule has 8 nitrogen and oxygen atoms in total. The molecule has 1 aromatic heterocycles. The lowest BCUT2D eigenvalue weighted by Crippen LogP contribution is -2.70. The fourth-order valence-electron chi connectivity index (χ4n) is 8.54. The van der Waals surface area contributed by atoms with Gasteiger partial charge in [-0.3, -0.25) is 9.36 Å². The number of nitrogens with one attached hydrogen (secondary N) is 1. The normalized spacial score (nSPS) is 19.8. The van der Waals surface area contributed by atoms with Gasteiger partial charge in [0.1, 0.15) is 18.0 Å². The molecule has 1 amide bonds. The molecule has 1 unspecified atom stereocenters. The number of aromatic nitrogens is 2. The molecule has 0 aliphatic carbocycles. The number of rotatable bonds is 12. The monoisotopic (exact) mass is 859 g/mol. The molecule has 310 valence electrons. The first kappa shape index (κ1) is 43.1. The van der Waals surface area contributed by atoms with Crippen LogP contribution in [0.4, 0.5) is 10.2 Å². The molecule has 5 aromatic carbocycles. The minimum atomic E-state index is -3.49. The first-order valence-electron chi connectivity index (χ1n) is 20.1. The van der Waals surface area contributed by atoms with E-state index in [1.807, 2.05) is 97.1 Å². The van der Waals surface area contributed by atoms with Gasteiger partial charge in [-0.15, -0.1) is 0 Å². The number of alkyl halides is 2. The van der Waals surface area contributed by atoms with Gasteiger partial charge in [-0.05, 0) is 49.0 Å². The van der Waals surface area contributed by atoms with Crippen LogP contribution in [-0.2, 0) is 13.6 Å². The van der Waals surface area contributed by atoms with Crippen LogP contribution >= 0.6 is 11.6 Å². The molecule has 1 aliphatic heterocycles. The summed E-state index contributed by atoms with van der Waals surface area (Å²) in [6.45, 7) is 12.7. The Morgan fingerprint density at radius 3 is 1.55 bits per heavy atom. The average molecular weight is 861 g/mol. The number of hydrogen-bond acceptors (Lipinski definition) is 6. The largest absolute Gasteiger partial charge is 0.405 e. The fourth-order valence-corrected chi connectivity index (χ4v) is 18.2. The predicted octanol–water partition coefficient (Wildman–Crippen LogP) is 7.82.